The second-order valence-electron chi connectivity index (χ2n) is 5.37. The Kier molecular flexibility index (Phi) is 3.73. The Morgan fingerprint density at radius 2 is 1.89 bits per heavy atom. The molecule has 2 N–H and O–H groups in total. The molecule has 0 amide bonds. The summed E-state index contributed by atoms with van der Waals surface area (Å²) in [6.45, 7) is 2.34. The van der Waals surface area contributed by atoms with E-state index in [2.05, 4.69) is 6.92 Å². The number of methoxy groups -OCH3 is 1. The molecule has 106 valence electrons. The Bertz CT molecular complexity index is 553. The normalized spacial score (nSPS) is 30.3. The highest BCUT2D eigenvalue weighted by molar-refractivity contribution is 7.91. The van der Waals surface area contributed by atoms with Gasteiger partial charge in [-0.2, -0.15) is 0 Å². The Labute approximate surface area is 114 Å². The Morgan fingerprint density at radius 3 is 2.32 bits per heavy atom. The molecule has 0 aromatic heterocycles. The van der Waals surface area contributed by atoms with Crippen molar-refractivity contribution < 1.29 is 13.2 Å². The van der Waals surface area contributed by atoms with E-state index in [1.807, 2.05) is 24.3 Å². The lowest BCUT2D eigenvalue weighted by Gasteiger charge is -2.10. The van der Waals surface area contributed by atoms with Crippen molar-refractivity contribution in [2.24, 2.45) is 5.73 Å². The molecule has 4 nitrogen and oxygen atoms in total. The number of hydrogen-bond acceptors (Lipinski definition) is 4. The van der Waals surface area contributed by atoms with Crippen LogP contribution in [0.1, 0.15) is 24.0 Å². The number of aryl methyl sites for hydroxylation is 1. The second kappa shape index (κ2) is 4.89. The predicted octanol–water partition coefficient (Wildman–Crippen LogP) is 1.10. The first-order valence-electron chi connectivity index (χ1n) is 6.40. The number of rotatable bonds is 5. The van der Waals surface area contributed by atoms with Crippen molar-refractivity contribution >= 4 is 9.84 Å². The SMILES string of the molecule is CCc1ccc([C@@H]2[C@@H](S(C)(=O)=O)[C@@]2(N)COC)cc1. The van der Waals surface area contributed by atoms with Crippen molar-refractivity contribution in [1.82, 2.24) is 0 Å². The van der Waals surface area contributed by atoms with Gasteiger partial charge in [-0.1, -0.05) is 31.2 Å². The zero-order valence-corrected chi connectivity index (χ0v) is 12.4. The molecule has 0 radical (unpaired) electrons. The highest BCUT2D eigenvalue weighted by Gasteiger charge is 2.67. The van der Waals surface area contributed by atoms with Crippen molar-refractivity contribution in [3.63, 3.8) is 0 Å². The monoisotopic (exact) mass is 283 g/mol. The molecule has 5 heteroatoms. The van der Waals surface area contributed by atoms with Crippen LogP contribution in [0.25, 0.3) is 0 Å². The van der Waals surface area contributed by atoms with Gasteiger partial charge in [0.1, 0.15) is 0 Å². The average Bonchev–Trinajstić information content (AvgIpc) is 2.96. The van der Waals surface area contributed by atoms with E-state index in [0.717, 1.165) is 12.0 Å². The lowest BCUT2D eigenvalue weighted by Crippen LogP contribution is -2.35. The van der Waals surface area contributed by atoms with Crippen LogP contribution >= 0.6 is 0 Å². The van der Waals surface area contributed by atoms with Gasteiger partial charge in [0.05, 0.1) is 17.4 Å². The van der Waals surface area contributed by atoms with Crippen LogP contribution in [0.2, 0.25) is 0 Å². The molecule has 0 bridgehead atoms. The molecule has 19 heavy (non-hydrogen) atoms. The predicted molar refractivity (Wildman–Crippen MR) is 76.0 cm³/mol. The van der Waals surface area contributed by atoms with Crippen LogP contribution in [0.15, 0.2) is 24.3 Å². The van der Waals surface area contributed by atoms with Crippen molar-refractivity contribution in [3.05, 3.63) is 35.4 Å². The summed E-state index contributed by atoms with van der Waals surface area (Å²) in [4.78, 5) is 0. The van der Waals surface area contributed by atoms with Crippen LogP contribution in [0.5, 0.6) is 0 Å². The maximum absolute atomic E-state index is 11.9. The van der Waals surface area contributed by atoms with Crippen molar-refractivity contribution in [2.45, 2.75) is 30.1 Å². The molecule has 2 rings (SSSR count). The lowest BCUT2D eigenvalue weighted by molar-refractivity contribution is 0.171. The molecule has 1 saturated carbocycles. The molecule has 1 aromatic carbocycles. The molecule has 1 aliphatic carbocycles. The molecule has 1 fully saturated rings. The highest BCUT2D eigenvalue weighted by atomic mass is 32.2. The largest absolute Gasteiger partial charge is 0.383 e. The van der Waals surface area contributed by atoms with Gasteiger partial charge in [0, 0.05) is 19.3 Å². The zero-order valence-electron chi connectivity index (χ0n) is 11.6. The molecular formula is C14H21NO3S. The van der Waals surface area contributed by atoms with Crippen molar-refractivity contribution in [1.29, 1.82) is 0 Å². The van der Waals surface area contributed by atoms with Gasteiger partial charge < -0.3 is 10.5 Å². The third-order valence-electron chi connectivity index (χ3n) is 3.91. The van der Waals surface area contributed by atoms with E-state index < -0.39 is 20.6 Å². The van der Waals surface area contributed by atoms with Gasteiger partial charge in [-0.05, 0) is 17.5 Å². The molecule has 0 spiro atoms. The van der Waals surface area contributed by atoms with E-state index in [0.29, 0.717) is 0 Å². The van der Waals surface area contributed by atoms with Gasteiger partial charge in [-0.15, -0.1) is 0 Å². The highest BCUT2D eigenvalue weighted by Crippen LogP contribution is 2.53. The first-order valence-corrected chi connectivity index (χ1v) is 8.35. The first kappa shape index (κ1) is 14.5. The fourth-order valence-electron chi connectivity index (χ4n) is 2.94. The van der Waals surface area contributed by atoms with E-state index >= 15 is 0 Å². The average molecular weight is 283 g/mol. The standard InChI is InChI=1S/C14H21NO3S/c1-4-10-5-7-11(8-6-10)12-13(19(3,16)17)14(12,15)9-18-2/h5-8,12-13H,4,9,15H2,1-3H3/t12-,13-,14-/m1/s1. The Morgan fingerprint density at radius 1 is 1.32 bits per heavy atom. The summed E-state index contributed by atoms with van der Waals surface area (Å²) in [6, 6.07) is 8.01. The smallest absolute Gasteiger partial charge is 0.152 e. The fourth-order valence-corrected chi connectivity index (χ4v) is 4.77. The second-order valence-corrected chi connectivity index (χ2v) is 7.54. The van der Waals surface area contributed by atoms with Crippen LogP contribution in [-0.4, -0.2) is 39.2 Å². The maximum atomic E-state index is 11.9. The van der Waals surface area contributed by atoms with Crippen LogP contribution in [0.4, 0.5) is 0 Å². The number of sulfone groups is 1. The molecule has 1 aromatic rings. The molecule has 0 heterocycles. The Hall–Kier alpha value is -0.910. The van der Waals surface area contributed by atoms with Crippen LogP contribution in [0.3, 0.4) is 0 Å². The summed E-state index contributed by atoms with van der Waals surface area (Å²) >= 11 is 0. The minimum absolute atomic E-state index is 0.173. The van der Waals surface area contributed by atoms with Gasteiger partial charge in [-0.3, -0.25) is 0 Å². The summed E-state index contributed by atoms with van der Waals surface area (Å²) in [5.74, 6) is -0.173. The van der Waals surface area contributed by atoms with Crippen molar-refractivity contribution in [2.75, 3.05) is 20.0 Å². The maximum Gasteiger partial charge on any atom is 0.152 e. The minimum Gasteiger partial charge on any atom is -0.383 e. The third kappa shape index (κ3) is 2.55. The summed E-state index contributed by atoms with van der Waals surface area (Å²) < 4.78 is 28.8. The molecule has 3 atom stereocenters. The topological polar surface area (TPSA) is 69.4 Å². The summed E-state index contributed by atoms with van der Waals surface area (Å²) in [6.07, 6.45) is 2.21. The van der Waals surface area contributed by atoms with Gasteiger partial charge >= 0.3 is 0 Å². The van der Waals surface area contributed by atoms with Gasteiger partial charge in [0.25, 0.3) is 0 Å². The van der Waals surface area contributed by atoms with Gasteiger partial charge in [-0.25, -0.2) is 8.42 Å². The lowest BCUT2D eigenvalue weighted by atomic mass is 10.0. The van der Waals surface area contributed by atoms with E-state index in [-0.39, 0.29) is 12.5 Å². The van der Waals surface area contributed by atoms with Crippen LogP contribution < -0.4 is 5.73 Å². The van der Waals surface area contributed by atoms with Gasteiger partial charge in [0.2, 0.25) is 0 Å². The van der Waals surface area contributed by atoms with E-state index in [1.165, 1.54) is 11.8 Å². The molecule has 0 aliphatic heterocycles. The van der Waals surface area contributed by atoms with E-state index in [9.17, 15) is 8.42 Å². The van der Waals surface area contributed by atoms with E-state index in [4.69, 9.17) is 10.5 Å². The summed E-state index contributed by atoms with van der Waals surface area (Å²) in [5.41, 5.74) is 7.64. The number of hydrogen-bond donors (Lipinski definition) is 1. The first-order chi connectivity index (χ1) is 8.84. The van der Waals surface area contributed by atoms with Crippen LogP contribution in [-0.2, 0) is 21.0 Å². The zero-order chi connectivity index (χ0) is 14.3. The minimum atomic E-state index is -3.18. The van der Waals surface area contributed by atoms with E-state index in [1.54, 1.807) is 7.11 Å². The quantitative estimate of drug-likeness (QED) is 0.878. The third-order valence-corrected chi connectivity index (χ3v) is 5.54. The Balaban J connectivity index is 2.32. The van der Waals surface area contributed by atoms with Gasteiger partial charge in [0.15, 0.2) is 9.84 Å². The number of benzene rings is 1. The molecule has 0 saturated heterocycles. The number of nitrogens with two attached hydrogens (primary N) is 1. The molecular weight excluding hydrogens is 262 g/mol. The van der Waals surface area contributed by atoms with Crippen LogP contribution in [0, 0.1) is 0 Å². The number of ether oxygens (including phenoxy) is 1. The molecule has 1 aliphatic rings. The summed E-state index contributed by atoms with van der Waals surface area (Å²) in [7, 11) is -1.63. The van der Waals surface area contributed by atoms with Crippen molar-refractivity contribution in [3.8, 4) is 0 Å². The fraction of sp³-hybridized carbons (Fsp3) is 0.571. The summed E-state index contributed by atoms with van der Waals surface area (Å²) in [5, 5.41) is -0.549. The molecule has 0 unspecified atom stereocenters.